The molecule has 0 heterocycles. The van der Waals surface area contributed by atoms with E-state index in [1.807, 2.05) is 44.2 Å². The molecule has 0 aromatic heterocycles. The van der Waals surface area contributed by atoms with Crippen LogP contribution in [0.1, 0.15) is 23.6 Å². The maximum absolute atomic E-state index is 9.46. The summed E-state index contributed by atoms with van der Waals surface area (Å²) in [6, 6.07) is 11.2. The SMILES string of the molecule is C=C(O)c1ccc(NCC#C/C(C)=C/c2c(C)cccc2N)c(OC)c1. The molecule has 4 nitrogen and oxygen atoms in total. The van der Waals surface area contributed by atoms with Gasteiger partial charge in [0.25, 0.3) is 0 Å². The number of rotatable bonds is 5. The molecular weight excluding hydrogens is 324 g/mol. The van der Waals surface area contributed by atoms with E-state index in [-0.39, 0.29) is 5.76 Å². The van der Waals surface area contributed by atoms with Gasteiger partial charge < -0.3 is 20.9 Å². The van der Waals surface area contributed by atoms with Crippen molar-refractivity contribution in [2.24, 2.45) is 0 Å². The maximum atomic E-state index is 9.46. The molecule has 2 rings (SSSR count). The molecule has 0 aliphatic carbocycles. The number of aliphatic hydroxyl groups is 1. The third-order valence-electron chi connectivity index (χ3n) is 3.91. The van der Waals surface area contributed by atoms with E-state index in [1.165, 1.54) is 0 Å². The van der Waals surface area contributed by atoms with Gasteiger partial charge in [0.2, 0.25) is 0 Å². The molecular formula is C22H24N2O2. The first-order valence-electron chi connectivity index (χ1n) is 8.24. The summed E-state index contributed by atoms with van der Waals surface area (Å²) in [7, 11) is 1.58. The number of nitrogen functional groups attached to an aromatic ring is 1. The summed E-state index contributed by atoms with van der Waals surface area (Å²) in [4.78, 5) is 0. The summed E-state index contributed by atoms with van der Waals surface area (Å²) in [5, 5.41) is 12.7. The van der Waals surface area contributed by atoms with Crippen molar-refractivity contribution in [3.8, 4) is 17.6 Å². The molecule has 0 aliphatic rings. The Morgan fingerprint density at radius 1 is 1.35 bits per heavy atom. The lowest BCUT2D eigenvalue weighted by Gasteiger charge is -2.10. The summed E-state index contributed by atoms with van der Waals surface area (Å²) in [6.07, 6.45) is 2.00. The number of anilines is 2. The van der Waals surface area contributed by atoms with Crippen molar-refractivity contribution < 1.29 is 9.84 Å². The Morgan fingerprint density at radius 3 is 2.77 bits per heavy atom. The molecule has 0 bridgehead atoms. The first kappa shape index (κ1) is 19.0. The number of nitrogens with one attached hydrogen (secondary N) is 1. The fourth-order valence-electron chi connectivity index (χ4n) is 2.49. The zero-order chi connectivity index (χ0) is 19.1. The van der Waals surface area contributed by atoms with Crippen LogP contribution < -0.4 is 15.8 Å². The number of ether oxygens (including phenoxy) is 1. The minimum atomic E-state index is 0.00545. The largest absolute Gasteiger partial charge is 0.508 e. The Kier molecular flexibility index (Phi) is 6.35. The molecule has 0 aliphatic heterocycles. The second-order valence-electron chi connectivity index (χ2n) is 5.92. The minimum Gasteiger partial charge on any atom is -0.508 e. The molecule has 0 atom stereocenters. The molecule has 0 saturated carbocycles. The number of allylic oxidation sites excluding steroid dienone is 1. The summed E-state index contributed by atoms with van der Waals surface area (Å²) in [5.74, 6) is 6.84. The van der Waals surface area contributed by atoms with Gasteiger partial charge in [-0.2, -0.15) is 0 Å². The van der Waals surface area contributed by atoms with Crippen molar-refractivity contribution in [2.75, 3.05) is 24.7 Å². The van der Waals surface area contributed by atoms with Gasteiger partial charge >= 0.3 is 0 Å². The van der Waals surface area contributed by atoms with Gasteiger partial charge in [-0.15, -0.1) is 0 Å². The number of nitrogens with two attached hydrogens (primary N) is 1. The Hall–Kier alpha value is -3.32. The number of hydrogen-bond acceptors (Lipinski definition) is 4. The normalized spacial score (nSPS) is 10.7. The molecule has 2 aromatic rings. The van der Waals surface area contributed by atoms with Crippen molar-refractivity contribution in [3.05, 3.63) is 65.2 Å². The van der Waals surface area contributed by atoms with Crippen LogP contribution in [0, 0.1) is 18.8 Å². The van der Waals surface area contributed by atoms with Crippen LogP contribution in [0.5, 0.6) is 5.75 Å². The van der Waals surface area contributed by atoms with Gasteiger partial charge in [-0.3, -0.25) is 0 Å². The van der Waals surface area contributed by atoms with E-state index in [0.717, 1.165) is 28.1 Å². The number of hydrogen-bond donors (Lipinski definition) is 3. The van der Waals surface area contributed by atoms with Crippen LogP contribution in [-0.4, -0.2) is 18.8 Å². The van der Waals surface area contributed by atoms with E-state index >= 15 is 0 Å². The molecule has 0 radical (unpaired) electrons. The fraction of sp³-hybridized carbons (Fsp3) is 0.182. The topological polar surface area (TPSA) is 67.5 Å². The van der Waals surface area contributed by atoms with Crippen molar-refractivity contribution >= 4 is 23.2 Å². The van der Waals surface area contributed by atoms with Gasteiger partial charge in [0.15, 0.2) is 0 Å². The van der Waals surface area contributed by atoms with E-state index in [0.29, 0.717) is 17.9 Å². The predicted molar refractivity (Wildman–Crippen MR) is 110 cm³/mol. The standard InChI is InChI=1S/C22H24N2O2/c1-15(13-19-16(2)8-5-9-20(19)23)7-6-12-24-21-11-10-18(17(3)25)14-22(21)26-4/h5,8-11,13-14,24-25H,3,12,23H2,1-2,4H3/b15-13+. The van der Waals surface area contributed by atoms with Crippen molar-refractivity contribution in [1.82, 2.24) is 0 Å². The Morgan fingerprint density at radius 2 is 2.12 bits per heavy atom. The highest BCUT2D eigenvalue weighted by Crippen LogP contribution is 2.27. The third kappa shape index (κ3) is 4.84. The van der Waals surface area contributed by atoms with E-state index in [4.69, 9.17) is 10.5 Å². The quantitative estimate of drug-likeness (QED) is 0.418. The van der Waals surface area contributed by atoms with Crippen molar-refractivity contribution in [1.29, 1.82) is 0 Å². The average Bonchev–Trinajstić information content (AvgIpc) is 2.61. The lowest BCUT2D eigenvalue weighted by atomic mass is 10.0. The number of aryl methyl sites for hydroxylation is 1. The number of benzene rings is 2. The number of methoxy groups -OCH3 is 1. The van der Waals surface area contributed by atoms with Crippen LogP contribution in [0.3, 0.4) is 0 Å². The summed E-state index contributed by atoms with van der Waals surface area (Å²) in [5.41, 5.74) is 11.3. The summed E-state index contributed by atoms with van der Waals surface area (Å²) in [6.45, 7) is 7.97. The first-order valence-corrected chi connectivity index (χ1v) is 8.24. The number of aliphatic hydroxyl groups excluding tert-OH is 1. The van der Waals surface area contributed by atoms with Gasteiger partial charge in [-0.1, -0.05) is 30.6 Å². The average molecular weight is 348 g/mol. The van der Waals surface area contributed by atoms with Crippen LogP contribution >= 0.6 is 0 Å². The molecule has 134 valence electrons. The minimum absolute atomic E-state index is 0.00545. The van der Waals surface area contributed by atoms with Crippen molar-refractivity contribution in [3.63, 3.8) is 0 Å². The Bertz CT molecular complexity index is 882. The Balaban J connectivity index is 2.07. The molecule has 0 saturated heterocycles. The van der Waals surface area contributed by atoms with Crippen molar-refractivity contribution in [2.45, 2.75) is 13.8 Å². The summed E-state index contributed by atoms with van der Waals surface area (Å²) < 4.78 is 5.33. The highest BCUT2D eigenvalue weighted by atomic mass is 16.5. The summed E-state index contributed by atoms with van der Waals surface area (Å²) >= 11 is 0. The third-order valence-corrected chi connectivity index (χ3v) is 3.91. The van der Waals surface area contributed by atoms with Gasteiger partial charge in [0.05, 0.1) is 19.3 Å². The lowest BCUT2D eigenvalue weighted by molar-refractivity contribution is 0.416. The van der Waals surface area contributed by atoms with Gasteiger partial charge in [0, 0.05) is 16.8 Å². The van der Waals surface area contributed by atoms with Crippen LogP contribution in [0.2, 0.25) is 0 Å². The first-order chi connectivity index (χ1) is 12.4. The molecule has 4 N–H and O–H groups in total. The van der Waals surface area contributed by atoms with E-state index in [2.05, 4.69) is 23.7 Å². The van der Waals surface area contributed by atoms with Gasteiger partial charge in [-0.05, 0) is 55.3 Å². The van der Waals surface area contributed by atoms with Crippen LogP contribution in [0.25, 0.3) is 11.8 Å². The van der Waals surface area contributed by atoms with E-state index in [1.54, 1.807) is 19.2 Å². The highest BCUT2D eigenvalue weighted by Gasteiger charge is 2.05. The lowest BCUT2D eigenvalue weighted by Crippen LogP contribution is -2.01. The Labute approximate surface area is 155 Å². The van der Waals surface area contributed by atoms with E-state index in [9.17, 15) is 5.11 Å². The highest BCUT2D eigenvalue weighted by molar-refractivity contribution is 5.71. The molecule has 26 heavy (non-hydrogen) atoms. The smallest absolute Gasteiger partial charge is 0.142 e. The van der Waals surface area contributed by atoms with Gasteiger partial charge in [-0.25, -0.2) is 0 Å². The van der Waals surface area contributed by atoms with Gasteiger partial charge in [0.1, 0.15) is 11.5 Å². The van der Waals surface area contributed by atoms with Crippen LogP contribution in [-0.2, 0) is 0 Å². The fourth-order valence-corrected chi connectivity index (χ4v) is 2.49. The maximum Gasteiger partial charge on any atom is 0.142 e. The van der Waals surface area contributed by atoms with Crippen LogP contribution in [0.15, 0.2) is 48.6 Å². The molecule has 0 fully saturated rings. The zero-order valence-electron chi connectivity index (χ0n) is 15.4. The zero-order valence-corrected chi connectivity index (χ0v) is 15.4. The monoisotopic (exact) mass is 348 g/mol. The molecule has 0 unspecified atom stereocenters. The molecule has 0 amide bonds. The second-order valence-corrected chi connectivity index (χ2v) is 5.92. The molecule has 2 aromatic carbocycles. The predicted octanol–water partition coefficient (Wildman–Crippen LogP) is 4.63. The van der Waals surface area contributed by atoms with E-state index < -0.39 is 0 Å². The molecule has 4 heteroatoms. The van der Waals surface area contributed by atoms with Crippen LogP contribution in [0.4, 0.5) is 11.4 Å². The molecule has 0 spiro atoms. The second kappa shape index (κ2) is 8.68.